The molecule has 8 heteroatoms. The van der Waals surface area contributed by atoms with Crippen molar-refractivity contribution in [3.8, 4) is 5.75 Å². The lowest BCUT2D eigenvalue weighted by atomic mass is 9.91. The Kier molecular flexibility index (Phi) is 4.02. The normalized spacial score (nSPS) is 14.9. The number of aryl methyl sites for hydroxylation is 1. The molecule has 1 aromatic rings. The van der Waals surface area contributed by atoms with Crippen molar-refractivity contribution in [1.82, 2.24) is 0 Å². The molecular weight excluding hydrogens is 289 g/mol. The van der Waals surface area contributed by atoms with Gasteiger partial charge in [-0.1, -0.05) is 11.6 Å². The average Bonchev–Trinajstić information content (AvgIpc) is 2.31. The molecule has 2 N–H and O–H groups in total. The fraction of sp³-hybridized carbons (Fsp3) is 0.364. The molecule has 19 heavy (non-hydrogen) atoms. The van der Waals surface area contributed by atoms with E-state index in [4.69, 9.17) is 11.6 Å². The number of methoxy groups -OCH3 is 1. The molecule has 1 rings (SSSR count). The number of halogens is 4. The first-order valence-electron chi connectivity index (χ1n) is 4.92. The molecule has 0 radical (unpaired) electrons. The Balaban J connectivity index is 3.56. The molecule has 0 spiro atoms. The van der Waals surface area contributed by atoms with Crippen molar-refractivity contribution in [3.05, 3.63) is 28.3 Å². The summed E-state index contributed by atoms with van der Waals surface area (Å²) in [5, 5.41) is 18.7. The Hall–Kier alpha value is -1.47. The van der Waals surface area contributed by atoms with Gasteiger partial charge in [-0.3, -0.25) is 0 Å². The number of carbonyl (C=O) groups is 1. The van der Waals surface area contributed by atoms with Gasteiger partial charge in [-0.05, 0) is 24.6 Å². The molecule has 0 amide bonds. The van der Waals surface area contributed by atoms with E-state index in [1.165, 1.54) is 6.92 Å². The minimum atomic E-state index is -5.30. The summed E-state index contributed by atoms with van der Waals surface area (Å²) < 4.78 is 42.8. The van der Waals surface area contributed by atoms with Crippen LogP contribution in [-0.4, -0.2) is 29.5 Å². The first-order chi connectivity index (χ1) is 8.55. The number of carbonyl (C=O) groups excluding carboxylic acids is 1. The van der Waals surface area contributed by atoms with Gasteiger partial charge < -0.3 is 14.9 Å². The van der Waals surface area contributed by atoms with Gasteiger partial charge in [-0.2, -0.15) is 13.2 Å². The van der Waals surface area contributed by atoms with Crippen LogP contribution in [0.4, 0.5) is 13.2 Å². The highest BCUT2D eigenvalue weighted by molar-refractivity contribution is 6.32. The molecule has 0 aliphatic rings. The summed E-state index contributed by atoms with van der Waals surface area (Å²) in [5.41, 5.74) is -4.69. The van der Waals surface area contributed by atoms with Crippen LogP contribution in [0.15, 0.2) is 12.1 Å². The fourth-order valence-corrected chi connectivity index (χ4v) is 1.76. The lowest BCUT2D eigenvalue weighted by molar-refractivity contribution is -0.266. The largest absolute Gasteiger partial charge is 0.506 e. The predicted octanol–water partition coefficient (Wildman–Crippen LogP) is 2.28. The van der Waals surface area contributed by atoms with Gasteiger partial charge >= 0.3 is 12.1 Å². The maximum absolute atomic E-state index is 12.9. The Morgan fingerprint density at radius 3 is 2.26 bits per heavy atom. The van der Waals surface area contributed by atoms with Gasteiger partial charge in [-0.25, -0.2) is 4.79 Å². The Morgan fingerprint density at radius 2 is 1.89 bits per heavy atom. The number of phenolic OH excluding ortho intramolecular Hbond substituents is 1. The summed E-state index contributed by atoms with van der Waals surface area (Å²) in [6, 6.07) is 1.47. The third-order valence-electron chi connectivity index (χ3n) is 2.56. The van der Waals surface area contributed by atoms with Gasteiger partial charge in [-0.15, -0.1) is 0 Å². The minimum Gasteiger partial charge on any atom is -0.506 e. The zero-order valence-corrected chi connectivity index (χ0v) is 10.6. The smallest absolute Gasteiger partial charge is 0.432 e. The monoisotopic (exact) mass is 298 g/mol. The molecular formula is C11H10ClF3O4. The van der Waals surface area contributed by atoms with E-state index in [1.807, 2.05) is 0 Å². The summed E-state index contributed by atoms with van der Waals surface area (Å²) in [6.07, 6.45) is -5.30. The van der Waals surface area contributed by atoms with Crippen LogP contribution in [0, 0.1) is 6.92 Å². The second-order valence-electron chi connectivity index (χ2n) is 3.82. The summed E-state index contributed by atoms with van der Waals surface area (Å²) in [4.78, 5) is 11.3. The second-order valence-corrected chi connectivity index (χ2v) is 4.23. The molecule has 0 heterocycles. The molecule has 0 aliphatic carbocycles. The molecule has 0 aliphatic heterocycles. The fourth-order valence-electron chi connectivity index (χ4n) is 1.49. The molecule has 4 nitrogen and oxygen atoms in total. The van der Waals surface area contributed by atoms with Gasteiger partial charge in [0.25, 0.3) is 5.60 Å². The molecule has 0 aromatic heterocycles. The highest BCUT2D eigenvalue weighted by Crippen LogP contribution is 2.42. The van der Waals surface area contributed by atoms with E-state index in [-0.39, 0.29) is 5.56 Å². The highest BCUT2D eigenvalue weighted by Gasteiger charge is 2.62. The van der Waals surface area contributed by atoms with Gasteiger partial charge in [0, 0.05) is 5.56 Å². The highest BCUT2D eigenvalue weighted by atomic mass is 35.5. The molecule has 106 valence electrons. The Morgan fingerprint density at radius 1 is 1.37 bits per heavy atom. The number of alkyl halides is 3. The number of benzene rings is 1. The van der Waals surface area contributed by atoms with Crippen molar-refractivity contribution in [3.63, 3.8) is 0 Å². The minimum absolute atomic E-state index is 0.0194. The van der Waals surface area contributed by atoms with E-state index in [0.29, 0.717) is 13.2 Å². The van der Waals surface area contributed by atoms with Crippen molar-refractivity contribution >= 4 is 17.6 Å². The maximum Gasteiger partial charge on any atom is 0.432 e. The van der Waals surface area contributed by atoms with E-state index in [1.54, 1.807) is 0 Å². The number of phenols is 1. The number of rotatable bonds is 2. The zero-order chi connectivity index (χ0) is 15.0. The van der Waals surface area contributed by atoms with Crippen molar-refractivity contribution in [2.45, 2.75) is 18.7 Å². The van der Waals surface area contributed by atoms with Crippen LogP contribution in [-0.2, 0) is 15.1 Å². The average molecular weight is 299 g/mol. The maximum atomic E-state index is 12.9. The van der Waals surface area contributed by atoms with E-state index in [0.717, 1.165) is 6.07 Å². The van der Waals surface area contributed by atoms with E-state index in [9.17, 15) is 28.2 Å². The lowest BCUT2D eigenvalue weighted by Gasteiger charge is -2.28. The lowest BCUT2D eigenvalue weighted by Crippen LogP contribution is -2.49. The van der Waals surface area contributed by atoms with Crippen LogP contribution in [0.25, 0.3) is 0 Å². The summed E-state index contributed by atoms with van der Waals surface area (Å²) in [5.74, 6) is -2.32. The topological polar surface area (TPSA) is 66.8 Å². The number of hydrogen-bond acceptors (Lipinski definition) is 4. The number of hydrogen-bond donors (Lipinski definition) is 2. The number of aliphatic hydroxyl groups is 1. The molecule has 0 saturated heterocycles. The number of aromatic hydroxyl groups is 1. The summed E-state index contributed by atoms with van der Waals surface area (Å²) in [6.45, 7) is 1.28. The van der Waals surface area contributed by atoms with Crippen LogP contribution >= 0.6 is 11.6 Å². The summed E-state index contributed by atoms with van der Waals surface area (Å²) in [7, 11) is 0.716. The Labute approximate surface area is 111 Å². The van der Waals surface area contributed by atoms with Crippen molar-refractivity contribution in [2.75, 3.05) is 7.11 Å². The van der Waals surface area contributed by atoms with Gasteiger partial charge in [0.2, 0.25) is 0 Å². The number of ether oxygens (including phenoxy) is 1. The van der Waals surface area contributed by atoms with E-state index >= 15 is 0 Å². The SMILES string of the molecule is COC(=O)[C@@](O)(c1cc(C)c(O)c(Cl)c1)C(F)(F)F. The standard InChI is InChI=1S/C11H10ClF3O4/c1-5-3-6(4-7(12)8(5)16)10(18,9(17)19-2)11(13,14)15/h3-4,16,18H,1-2H3/t10-/m0/s1. The van der Waals surface area contributed by atoms with Crippen LogP contribution in [0.2, 0.25) is 5.02 Å². The van der Waals surface area contributed by atoms with Crippen LogP contribution in [0.1, 0.15) is 11.1 Å². The molecule has 0 unspecified atom stereocenters. The van der Waals surface area contributed by atoms with Crippen LogP contribution < -0.4 is 0 Å². The number of esters is 1. The second kappa shape index (κ2) is 4.90. The zero-order valence-electron chi connectivity index (χ0n) is 9.88. The van der Waals surface area contributed by atoms with E-state index < -0.39 is 34.1 Å². The molecule has 0 fully saturated rings. The molecule has 0 saturated carbocycles. The van der Waals surface area contributed by atoms with Gasteiger partial charge in [0.15, 0.2) is 0 Å². The molecule has 0 bridgehead atoms. The van der Waals surface area contributed by atoms with Gasteiger partial charge in [0.05, 0.1) is 12.1 Å². The van der Waals surface area contributed by atoms with Crippen LogP contribution in [0.3, 0.4) is 0 Å². The molecule has 1 atom stereocenters. The van der Waals surface area contributed by atoms with Crippen molar-refractivity contribution < 1.29 is 32.9 Å². The molecule has 1 aromatic carbocycles. The van der Waals surface area contributed by atoms with E-state index in [2.05, 4.69) is 4.74 Å². The van der Waals surface area contributed by atoms with Gasteiger partial charge in [0.1, 0.15) is 5.75 Å². The third kappa shape index (κ3) is 2.48. The summed E-state index contributed by atoms with van der Waals surface area (Å²) >= 11 is 5.54. The van der Waals surface area contributed by atoms with Crippen molar-refractivity contribution in [1.29, 1.82) is 0 Å². The first-order valence-corrected chi connectivity index (χ1v) is 5.30. The first kappa shape index (κ1) is 15.6. The Bertz CT molecular complexity index is 492. The predicted molar refractivity (Wildman–Crippen MR) is 59.8 cm³/mol. The van der Waals surface area contributed by atoms with Crippen molar-refractivity contribution in [2.24, 2.45) is 0 Å². The third-order valence-corrected chi connectivity index (χ3v) is 2.85. The van der Waals surface area contributed by atoms with Crippen LogP contribution in [0.5, 0.6) is 5.75 Å². The quantitative estimate of drug-likeness (QED) is 0.822.